The average Bonchev–Trinajstić information content (AvgIpc) is 3.33. The van der Waals surface area contributed by atoms with Crippen molar-refractivity contribution in [2.45, 2.75) is 13.3 Å². The van der Waals surface area contributed by atoms with Crippen LogP contribution in [0.4, 0.5) is 24.5 Å². The number of hydrogen-bond donors (Lipinski definition) is 1. The fourth-order valence-electron chi connectivity index (χ4n) is 3.02. The van der Waals surface area contributed by atoms with E-state index < -0.39 is 52.1 Å². The lowest BCUT2D eigenvalue weighted by molar-refractivity contribution is -0.384. The molecular weight excluding hydrogens is 445 g/mol. The second-order valence-corrected chi connectivity index (χ2v) is 6.80. The minimum absolute atomic E-state index is 0.0641. The topological polar surface area (TPSA) is 123 Å². The molecule has 0 radical (unpaired) electrons. The maximum atomic E-state index is 13.8. The van der Waals surface area contributed by atoms with E-state index in [4.69, 9.17) is 0 Å². The third kappa shape index (κ3) is 5.14. The summed E-state index contributed by atoms with van der Waals surface area (Å²) in [5.41, 5.74) is -0.972. The van der Waals surface area contributed by atoms with Crippen molar-refractivity contribution in [1.82, 2.24) is 19.7 Å². The first-order valence-electron chi connectivity index (χ1n) is 9.59. The van der Waals surface area contributed by atoms with Crippen molar-refractivity contribution in [2.75, 3.05) is 18.4 Å². The lowest BCUT2D eigenvalue weighted by Crippen LogP contribution is -2.38. The molecule has 0 unspecified atom stereocenters. The maximum absolute atomic E-state index is 13.8. The summed E-state index contributed by atoms with van der Waals surface area (Å²) in [4.78, 5) is 41.0. The molecule has 13 heteroatoms. The molecule has 0 saturated carbocycles. The van der Waals surface area contributed by atoms with E-state index in [1.54, 1.807) is 6.92 Å². The third-order valence-electron chi connectivity index (χ3n) is 4.51. The molecule has 1 aromatic heterocycles. The van der Waals surface area contributed by atoms with Crippen molar-refractivity contribution in [1.29, 1.82) is 0 Å². The number of nitrogens with one attached hydrogen (secondary N) is 1. The van der Waals surface area contributed by atoms with Gasteiger partial charge in [0.15, 0.2) is 17.5 Å². The van der Waals surface area contributed by atoms with Gasteiger partial charge in [-0.25, -0.2) is 22.8 Å². The highest BCUT2D eigenvalue weighted by molar-refractivity contribution is 6.00. The van der Waals surface area contributed by atoms with E-state index in [0.29, 0.717) is 12.5 Å². The predicted molar refractivity (Wildman–Crippen MR) is 109 cm³/mol. The van der Waals surface area contributed by atoms with E-state index >= 15 is 0 Å². The summed E-state index contributed by atoms with van der Waals surface area (Å²) in [5.74, 6) is -6.28. The summed E-state index contributed by atoms with van der Waals surface area (Å²) in [6.07, 6.45) is 2.90. The van der Waals surface area contributed by atoms with Gasteiger partial charge in [-0.15, -0.1) is 0 Å². The van der Waals surface area contributed by atoms with Crippen LogP contribution in [0.25, 0.3) is 5.69 Å². The molecule has 0 aliphatic heterocycles. The summed E-state index contributed by atoms with van der Waals surface area (Å²) in [6, 6.07) is 5.21. The van der Waals surface area contributed by atoms with Crippen LogP contribution in [-0.4, -0.2) is 49.5 Å². The highest BCUT2D eigenvalue weighted by atomic mass is 19.2. The first-order valence-corrected chi connectivity index (χ1v) is 9.59. The van der Waals surface area contributed by atoms with Gasteiger partial charge >= 0.3 is 0 Å². The smallest absolute Gasteiger partial charge is 0.295 e. The number of hydrogen-bond acceptors (Lipinski definition) is 6. The maximum Gasteiger partial charge on any atom is 0.295 e. The van der Waals surface area contributed by atoms with Gasteiger partial charge in [0.05, 0.1) is 10.6 Å². The molecule has 33 heavy (non-hydrogen) atoms. The SMILES string of the molecule is CCCN(CC(=O)Nc1ccc(F)c(F)c1F)C(=O)c1ccc(-n2cncn2)c([N+](=O)[O-])c1. The molecule has 172 valence electrons. The van der Waals surface area contributed by atoms with Crippen LogP contribution in [0.2, 0.25) is 0 Å². The normalized spacial score (nSPS) is 10.7. The zero-order chi connectivity index (χ0) is 24.1. The molecule has 1 heterocycles. The molecule has 10 nitrogen and oxygen atoms in total. The van der Waals surface area contributed by atoms with Crippen molar-refractivity contribution in [2.24, 2.45) is 0 Å². The summed E-state index contributed by atoms with van der Waals surface area (Å²) >= 11 is 0. The molecule has 0 saturated heterocycles. The van der Waals surface area contributed by atoms with Crippen molar-refractivity contribution in [3.8, 4) is 5.69 Å². The first-order chi connectivity index (χ1) is 15.7. The number of carbonyl (C=O) groups is 2. The number of nitro benzene ring substituents is 1. The highest BCUT2D eigenvalue weighted by Crippen LogP contribution is 2.24. The second kappa shape index (κ2) is 9.89. The lowest BCUT2D eigenvalue weighted by Gasteiger charge is -2.22. The van der Waals surface area contributed by atoms with Crippen molar-refractivity contribution in [3.63, 3.8) is 0 Å². The molecule has 1 N–H and O–H groups in total. The average molecular weight is 462 g/mol. The van der Waals surface area contributed by atoms with Crippen LogP contribution in [0.1, 0.15) is 23.7 Å². The zero-order valence-corrected chi connectivity index (χ0v) is 17.2. The van der Waals surface area contributed by atoms with Gasteiger partial charge in [-0.05, 0) is 30.7 Å². The van der Waals surface area contributed by atoms with Gasteiger partial charge in [0.25, 0.3) is 11.6 Å². The standard InChI is InChI=1S/C20H17F3N6O4/c1-2-7-27(9-17(30)26-14-5-4-13(21)18(22)19(14)23)20(31)12-3-6-15(16(8-12)29(32)33)28-11-24-10-25-28/h3-6,8,10-11H,2,7,9H2,1H3,(H,26,30). The minimum Gasteiger partial charge on any atom is -0.329 e. The van der Waals surface area contributed by atoms with Crippen LogP contribution >= 0.6 is 0 Å². The Labute approximate surface area is 184 Å². The van der Waals surface area contributed by atoms with Crippen LogP contribution in [0.15, 0.2) is 43.0 Å². The summed E-state index contributed by atoms with van der Waals surface area (Å²) < 4.78 is 41.4. The Hall–Kier alpha value is -4.29. The number of halogens is 3. The van der Waals surface area contributed by atoms with Gasteiger partial charge in [-0.1, -0.05) is 6.92 Å². The Kier molecular flexibility index (Phi) is 7.00. The lowest BCUT2D eigenvalue weighted by atomic mass is 10.1. The van der Waals surface area contributed by atoms with Gasteiger partial charge in [0, 0.05) is 18.2 Å². The van der Waals surface area contributed by atoms with E-state index in [9.17, 15) is 32.9 Å². The Morgan fingerprint density at radius 1 is 1.18 bits per heavy atom. The van der Waals surface area contributed by atoms with Crippen LogP contribution < -0.4 is 5.32 Å². The van der Waals surface area contributed by atoms with Gasteiger partial charge in [-0.2, -0.15) is 5.10 Å². The Morgan fingerprint density at radius 3 is 2.58 bits per heavy atom. The molecule has 0 fully saturated rings. The number of rotatable bonds is 8. The molecule has 0 aliphatic carbocycles. The van der Waals surface area contributed by atoms with Crippen molar-refractivity contribution >= 4 is 23.2 Å². The van der Waals surface area contributed by atoms with E-state index in [1.165, 1.54) is 29.5 Å². The second-order valence-electron chi connectivity index (χ2n) is 6.80. The zero-order valence-electron chi connectivity index (χ0n) is 17.2. The quantitative estimate of drug-likeness (QED) is 0.312. The number of nitro groups is 1. The number of benzene rings is 2. The van der Waals surface area contributed by atoms with E-state index in [2.05, 4.69) is 15.4 Å². The number of amides is 2. The van der Waals surface area contributed by atoms with E-state index in [0.717, 1.165) is 17.0 Å². The molecule has 0 spiro atoms. The van der Waals surface area contributed by atoms with Gasteiger partial charge in [0.2, 0.25) is 5.91 Å². The minimum atomic E-state index is -1.74. The molecular formula is C20H17F3N6O4. The largest absolute Gasteiger partial charge is 0.329 e. The van der Waals surface area contributed by atoms with Crippen molar-refractivity contribution in [3.05, 3.63) is 76.1 Å². The summed E-state index contributed by atoms with van der Waals surface area (Å²) in [6.45, 7) is 1.29. The fraction of sp³-hybridized carbons (Fsp3) is 0.200. The first kappa shape index (κ1) is 23.4. The fourth-order valence-corrected chi connectivity index (χ4v) is 3.02. The Balaban J connectivity index is 1.82. The number of nitrogens with zero attached hydrogens (tertiary/aromatic N) is 5. The summed E-state index contributed by atoms with van der Waals surface area (Å²) in [5, 5.41) is 17.4. The molecule has 2 amide bonds. The van der Waals surface area contributed by atoms with Crippen molar-refractivity contribution < 1.29 is 27.7 Å². The number of carbonyl (C=O) groups excluding carboxylic acids is 2. The van der Waals surface area contributed by atoms with Crippen LogP contribution in [0.5, 0.6) is 0 Å². The van der Waals surface area contributed by atoms with Gasteiger partial charge in [0.1, 0.15) is 24.9 Å². The third-order valence-corrected chi connectivity index (χ3v) is 4.51. The molecule has 0 aliphatic rings. The molecule has 3 rings (SSSR count). The Bertz CT molecular complexity index is 1200. The highest BCUT2D eigenvalue weighted by Gasteiger charge is 2.24. The summed E-state index contributed by atoms with van der Waals surface area (Å²) in [7, 11) is 0. The van der Waals surface area contributed by atoms with Gasteiger partial charge in [-0.3, -0.25) is 19.7 Å². The van der Waals surface area contributed by atoms with Crippen LogP contribution in [-0.2, 0) is 4.79 Å². The molecule has 0 atom stereocenters. The van der Waals surface area contributed by atoms with Gasteiger partial charge < -0.3 is 10.2 Å². The Morgan fingerprint density at radius 2 is 1.94 bits per heavy atom. The molecule has 2 aromatic carbocycles. The van der Waals surface area contributed by atoms with Crippen LogP contribution in [0, 0.1) is 27.6 Å². The molecule has 0 bridgehead atoms. The predicted octanol–water partition coefficient (Wildman–Crippen LogP) is 3.08. The monoisotopic (exact) mass is 462 g/mol. The van der Waals surface area contributed by atoms with Crippen LogP contribution in [0.3, 0.4) is 0 Å². The van der Waals surface area contributed by atoms with E-state index in [1.807, 2.05) is 0 Å². The molecule has 3 aromatic rings. The number of anilines is 1. The van der Waals surface area contributed by atoms with E-state index in [-0.39, 0.29) is 17.8 Å². The number of aromatic nitrogens is 3.